The van der Waals surface area contributed by atoms with Gasteiger partial charge in [0, 0.05) is 36.6 Å². The average Bonchev–Trinajstić information content (AvgIpc) is 2.84. The normalized spacial score (nSPS) is 10.2. The Morgan fingerprint density at radius 2 is 2.26 bits per heavy atom. The zero-order valence-electron chi connectivity index (χ0n) is 10.4. The number of pyridine rings is 1. The van der Waals surface area contributed by atoms with E-state index in [-0.39, 0.29) is 5.91 Å². The number of amides is 1. The molecule has 6 heteroatoms. The molecule has 0 unspecified atom stereocenters. The second-order valence-electron chi connectivity index (χ2n) is 3.88. The lowest BCUT2D eigenvalue weighted by Crippen LogP contribution is -2.26. The first-order valence-corrected chi connectivity index (χ1v) is 7.46. The highest BCUT2D eigenvalue weighted by Crippen LogP contribution is 2.22. The monoisotopic (exact) mass is 339 g/mol. The van der Waals surface area contributed by atoms with Crippen LogP contribution in [0.15, 0.2) is 34.4 Å². The van der Waals surface area contributed by atoms with Crippen LogP contribution in [0.3, 0.4) is 0 Å². The molecule has 0 aliphatic carbocycles. The fourth-order valence-corrected chi connectivity index (χ4v) is 3.16. The molecule has 0 atom stereocenters. The number of carbonyl (C=O) groups excluding carboxylic acids is 1. The van der Waals surface area contributed by atoms with Gasteiger partial charge in [-0.05, 0) is 40.5 Å². The van der Waals surface area contributed by atoms with Crippen molar-refractivity contribution < 1.29 is 4.79 Å². The van der Waals surface area contributed by atoms with Crippen molar-refractivity contribution in [1.82, 2.24) is 10.3 Å². The van der Waals surface area contributed by atoms with E-state index in [0.29, 0.717) is 12.1 Å². The molecule has 100 valence electrons. The van der Waals surface area contributed by atoms with Gasteiger partial charge in [-0.3, -0.25) is 9.78 Å². The molecule has 0 fully saturated rings. The van der Waals surface area contributed by atoms with Crippen LogP contribution in [-0.4, -0.2) is 24.5 Å². The molecule has 0 aromatic carbocycles. The first-order valence-electron chi connectivity index (χ1n) is 5.85. The lowest BCUT2D eigenvalue weighted by atomic mass is 10.2. The summed E-state index contributed by atoms with van der Waals surface area (Å²) in [5, 5.41) is 5.89. The van der Waals surface area contributed by atoms with Gasteiger partial charge in [-0.25, -0.2) is 0 Å². The van der Waals surface area contributed by atoms with Crippen LogP contribution in [0.1, 0.15) is 15.2 Å². The fraction of sp³-hybridized carbons (Fsp3) is 0.231. The Bertz CT molecular complexity index is 571. The minimum Gasteiger partial charge on any atom is -0.387 e. The maximum Gasteiger partial charge on any atom is 0.254 e. The number of nitrogens with zero attached hydrogens (tertiary/aromatic N) is 1. The molecule has 1 amide bonds. The van der Waals surface area contributed by atoms with Crippen molar-refractivity contribution in [3.05, 3.63) is 44.8 Å². The van der Waals surface area contributed by atoms with Gasteiger partial charge in [0.05, 0.1) is 9.35 Å². The van der Waals surface area contributed by atoms with Crippen molar-refractivity contribution in [1.29, 1.82) is 0 Å². The number of nitrogens with one attached hydrogen (secondary N) is 2. The lowest BCUT2D eigenvalue weighted by molar-refractivity contribution is 0.0954. The Morgan fingerprint density at radius 1 is 1.42 bits per heavy atom. The van der Waals surface area contributed by atoms with Crippen molar-refractivity contribution >= 4 is 38.9 Å². The Morgan fingerprint density at radius 3 is 2.95 bits per heavy atom. The molecular formula is C13H14BrN3OS. The Kier molecular flexibility index (Phi) is 4.93. The third kappa shape index (κ3) is 3.78. The molecule has 0 aliphatic rings. The zero-order valence-corrected chi connectivity index (χ0v) is 12.8. The number of rotatable bonds is 5. The largest absolute Gasteiger partial charge is 0.387 e. The van der Waals surface area contributed by atoms with Crippen LogP contribution in [0.4, 0.5) is 5.69 Å². The summed E-state index contributed by atoms with van der Waals surface area (Å²) in [7, 11) is 1.79. The summed E-state index contributed by atoms with van der Waals surface area (Å²) in [4.78, 5) is 17.2. The number of thiophene rings is 1. The van der Waals surface area contributed by atoms with E-state index in [0.717, 1.165) is 15.9 Å². The molecular weight excluding hydrogens is 326 g/mol. The van der Waals surface area contributed by atoms with E-state index in [1.807, 2.05) is 6.07 Å². The average molecular weight is 340 g/mol. The van der Waals surface area contributed by atoms with Crippen LogP contribution in [0.5, 0.6) is 0 Å². The van der Waals surface area contributed by atoms with Gasteiger partial charge in [0.25, 0.3) is 5.91 Å². The Hall–Kier alpha value is -1.40. The van der Waals surface area contributed by atoms with Gasteiger partial charge < -0.3 is 10.6 Å². The predicted octanol–water partition coefficient (Wildman–Crippen LogP) is 2.92. The first-order chi connectivity index (χ1) is 9.20. The SMILES string of the molecule is CNc1ccncc1C(=O)NCCc1ccc(Br)s1. The molecule has 0 aliphatic heterocycles. The molecule has 0 radical (unpaired) electrons. The number of hydrogen-bond acceptors (Lipinski definition) is 4. The summed E-state index contributed by atoms with van der Waals surface area (Å²) in [6, 6.07) is 5.86. The van der Waals surface area contributed by atoms with Gasteiger partial charge >= 0.3 is 0 Å². The number of carbonyl (C=O) groups is 1. The molecule has 0 bridgehead atoms. The van der Waals surface area contributed by atoms with Crippen molar-refractivity contribution in [3.8, 4) is 0 Å². The van der Waals surface area contributed by atoms with Gasteiger partial charge in [-0.15, -0.1) is 11.3 Å². The summed E-state index contributed by atoms with van der Waals surface area (Å²) in [6.45, 7) is 0.615. The van der Waals surface area contributed by atoms with E-state index in [4.69, 9.17) is 0 Å². The lowest BCUT2D eigenvalue weighted by Gasteiger charge is -2.08. The summed E-state index contributed by atoms with van der Waals surface area (Å²) < 4.78 is 1.11. The van der Waals surface area contributed by atoms with Crippen LogP contribution in [-0.2, 0) is 6.42 Å². The number of halogens is 1. The van der Waals surface area contributed by atoms with Crippen LogP contribution in [0.25, 0.3) is 0 Å². The summed E-state index contributed by atoms with van der Waals surface area (Å²) >= 11 is 5.11. The molecule has 4 nitrogen and oxygen atoms in total. The molecule has 2 aromatic heterocycles. The number of anilines is 1. The van der Waals surface area contributed by atoms with Crippen LogP contribution >= 0.6 is 27.3 Å². The van der Waals surface area contributed by atoms with Crippen LogP contribution in [0.2, 0.25) is 0 Å². The third-order valence-corrected chi connectivity index (χ3v) is 4.30. The summed E-state index contributed by atoms with van der Waals surface area (Å²) in [5.41, 5.74) is 1.35. The van der Waals surface area contributed by atoms with E-state index in [9.17, 15) is 4.79 Å². The van der Waals surface area contributed by atoms with Crippen LogP contribution in [0, 0.1) is 0 Å². The Balaban J connectivity index is 1.90. The quantitative estimate of drug-likeness (QED) is 0.880. The van der Waals surface area contributed by atoms with Crippen molar-refractivity contribution in [2.24, 2.45) is 0 Å². The molecule has 2 aromatic rings. The molecule has 2 heterocycles. The summed E-state index contributed by atoms with van der Waals surface area (Å²) in [5.74, 6) is -0.104. The first kappa shape index (κ1) is 14.0. The summed E-state index contributed by atoms with van der Waals surface area (Å²) in [6.07, 6.45) is 4.06. The van der Waals surface area contributed by atoms with E-state index in [2.05, 4.69) is 37.6 Å². The highest BCUT2D eigenvalue weighted by Gasteiger charge is 2.10. The molecule has 0 saturated heterocycles. The second-order valence-corrected chi connectivity index (χ2v) is 6.43. The Labute approximate surface area is 124 Å². The molecule has 2 rings (SSSR count). The van der Waals surface area contributed by atoms with Crippen LogP contribution < -0.4 is 10.6 Å². The highest BCUT2D eigenvalue weighted by atomic mass is 79.9. The van der Waals surface area contributed by atoms with Gasteiger partial charge in [-0.1, -0.05) is 0 Å². The topological polar surface area (TPSA) is 54.0 Å². The van der Waals surface area contributed by atoms with Crippen molar-refractivity contribution in [2.45, 2.75) is 6.42 Å². The maximum absolute atomic E-state index is 12.0. The van der Waals surface area contributed by atoms with E-state index >= 15 is 0 Å². The maximum atomic E-state index is 12.0. The third-order valence-electron chi connectivity index (χ3n) is 2.62. The van der Waals surface area contributed by atoms with Gasteiger partial charge in [0.1, 0.15) is 0 Å². The fourth-order valence-electron chi connectivity index (χ4n) is 1.67. The van der Waals surface area contributed by atoms with E-state index in [1.165, 1.54) is 4.88 Å². The van der Waals surface area contributed by atoms with Gasteiger partial charge in [0.2, 0.25) is 0 Å². The highest BCUT2D eigenvalue weighted by molar-refractivity contribution is 9.11. The number of hydrogen-bond donors (Lipinski definition) is 2. The minimum absolute atomic E-state index is 0.104. The molecule has 0 spiro atoms. The van der Waals surface area contributed by atoms with Crippen molar-refractivity contribution in [2.75, 3.05) is 18.9 Å². The molecule has 2 N–H and O–H groups in total. The van der Waals surface area contributed by atoms with Gasteiger partial charge in [-0.2, -0.15) is 0 Å². The predicted molar refractivity (Wildman–Crippen MR) is 81.8 cm³/mol. The molecule has 0 saturated carbocycles. The standard InChI is InChI=1S/C13H14BrN3OS/c1-15-11-5-6-16-8-10(11)13(18)17-7-4-9-2-3-12(14)19-9/h2-3,5-6,8H,4,7H2,1H3,(H,15,16)(H,17,18). The second kappa shape index (κ2) is 6.68. The minimum atomic E-state index is -0.104. The van der Waals surface area contributed by atoms with Gasteiger partial charge in [0.15, 0.2) is 0 Å². The molecule has 19 heavy (non-hydrogen) atoms. The van der Waals surface area contributed by atoms with E-state index in [1.54, 1.807) is 36.8 Å². The number of aromatic nitrogens is 1. The van der Waals surface area contributed by atoms with Crippen molar-refractivity contribution in [3.63, 3.8) is 0 Å². The zero-order chi connectivity index (χ0) is 13.7. The smallest absolute Gasteiger partial charge is 0.254 e. The van der Waals surface area contributed by atoms with E-state index < -0.39 is 0 Å².